The summed E-state index contributed by atoms with van der Waals surface area (Å²) in [5.74, 6) is -0.421. The Kier molecular flexibility index (Phi) is 7.95. The van der Waals surface area contributed by atoms with Gasteiger partial charge in [0.2, 0.25) is 5.95 Å². The van der Waals surface area contributed by atoms with Crippen molar-refractivity contribution in [2.24, 2.45) is 0 Å². The highest BCUT2D eigenvalue weighted by Crippen LogP contribution is 2.29. The van der Waals surface area contributed by atoms with Crippen molar-refractivity contribution in [2.45, 2.75) is 70.6 Å². The highest BCUT2D eigenvalue weighted by Gasteiger charge is 2.29. The van der Waals surface area contributed by atoms with Crippen molar-refractivity contribution in [3.63, 3.8) is 0 Å². The number of alkyl halides is 1. The molecule has 0 unspecified atom stereocenters. The summed E-state index contributed by atoms with van der Waals surface area (Å²) in [4.78, 5) is 23.8. The number of pyridine rings is 1. The summed E-state index contributed by atoms with van der Waals surface area (Å²) in [6.07, 6.45) is -1.04. The number of nitrogens with zero attached hydrogens (tertiary/aromatic N) is 4. The summed E-state index contributed by atoms with van der Waals surface area (Å²) in [7, 11) is 0. The Bertz CT molecular complexity index is 1410. The number of ether oxygens (including phenoxy) is 1. The van der Waals surface area contributed by atoms with Gasteiger partial charge in [-0.05, 0) is 45.7 Å². The third-order valence-electron chi connectivity index (χ3n) is 7.71. The number of anilines is 1. The number of aliphatic hydroxyl groups is 2. The summed E-state index contributed by atoms with van der Waals surface area (Å²) in [6.45, 7) is 7.46. The SMILES string of the molecule is Cc1c(CN2CC[C@H](O)[C@H](F)C2)n(C(C)C)c2cc(-c3nc(N[C@@H]4CCOC[C@H]4O)ncc3F)ccc2c1=O. The zero-order valence-corrected chi connectivity index (χ0v) is 22.4. The van der Waals surface area contributed by atoms with Crippen LogP contribution in [0.4, 0.5) is 14.7 Å². The lowest BCUT2D eigenvalue weighted by Gasteiger charge is -2.34. The number of halogens is 2. The van der Waals surface area contributed by atoms with Crippen LogP contribution in [0.1, 0.15) is 44.0 Å². The van der Waals surface area contributed by atoms with Crippen LogP contribution in [-0.4, -0.2) is 80.4 Å². The number of nitrogens with one attached hydrogen (secondary N) is 1. The Morgan fingerprint density at radius 2 is 2.03 bits per heavy atom. The molecule has 2 aromatic heterocycles. The van der Waals surface area contributed by atoms with E-state index in [1.54, 1.807) is 25.1 Å². The van der Waals surface area contributed by atoms with Gasteiger partial charge in [-0.25, -0.2) is 18.7 Å². The van der Waals surface area contributed by atoms with E-state index in [1.165, 1.54) is 0 Å². The van der Waals surface area contributed by atoms with E-state index in [4.69, 9.17) is 4.74 Å². The zero-order valence-electron chi connectivity index (χ0n) is 22.4. The minimum absolute atomic E-state index is 0.0453. The van der Waals surface area contributed by atoms with Crippen LogP contribution in [0.25, 0.3) is 22.2 Å². The van der Waals surface area contributed by atoms with Crippen LogP contribution in [-0.2, 0) is 11.3 Å². The Hall–Kier alpha value is -2.99. The molecule has 3 aromatic rings. The molecule has 2 saturated heterocycles. The molecule has 9 nitrogen and oxygen atoms in total. The fourth-order valence-corrected chi connectivity index (χ4v) is 5.52. The summed E-state index contributed by atoms with van der Waals surface area (Å²) < 4.78 is 36.6. The topological polar surface area (TPSA) is 113 Å². The van der Waals surface area contributed by atoms with Gasteiger partial charge in [0, 0.05) is 54.5 Å². The average molecular weight is 544 g/mol. The van der Waals surface area contributed by atoms with E-state index in [2.05, 4.69) is 15.3 Å². The number of piperidine rings is 1. The Balaban J connectivity index is 1.56. The molecule has 2 aliphatic rings. The number of hydrogen-bond acceptors (Lipinski definition) is 8. The van der Waals surface area contributed by atoms with Crippen LogP contribution in [0.15, 0.2) is 29.2 Å². The van der Waals surface area contributed by atoms with Crippen LogP contribution in [0.3, 0.4) is 0 Å². The van der Waals surface area contributed by atoms with E-state index in [0.717, 1.165) is 11.9 Å². The molecule has 1 aromatic carbocycles. The number of aromatic nitrogens is 3. The lowest BCUT2D eigenvalue weighted by Crippen LogP contribution is -2.44. The van der Waals surface area contributed by atoms with E-state index in [9.17, 15) is 19.4 Å². The smallest absolute Gasteiger partial charge is 0.223 e. The third-order valence-corrected chi connectivity index (χ3v) is 7.71. The second kappa shape index (κ2) is 11.2. The fraction of sp³-hybridized carbons (Fsp3) is 0.536. The summed E-state index contributed by atoms with van der Waals surface area (Å²) in [6, 6.07) is 4.76. The summed E-state index contributed by atoms with van der Waals surface area (Å²) in [5.41, 5.74) is 2.41. The van der Waals surface area contributed by atoms with Gasteiger partial charge >= 0.3 is 0 Å². The van der Waals surface area contributed by atoms with Crippen molar-refractivity contribution in [2.75, 3.05) is 31.6 Å². The number of benzene rings is 1. The lowest BCUT2D eigenvalue weighted by molar-refractivity contribution is -0.0136. The number of likely N-dealkylation sites (tertiary alicyclic amines) is 1. The summed E-state index contributed by atoms with van der Waals surface area (Å²) >= 11 is 0. The first-order valence-corrected chi connectivity index (χ1v) is 13.4. The van der Waals surface area contributed by atoms with Crippen LogP contribution in [0.2, 0.25) is 0 Å². The molecule has 11 heteroatoms. The highest BCUT2D eigenvalue weighted by atomic mass is 19.1. The molecule has 39 heavy (non-hydrogen) atoms. The first kappa shape index (κ1) is 27.6. The molecule has 3 N–H and O–H groups in total. The minimum atomic E-state index is -1.34. The molecule has 0 aliphatic carbocycles. The number of aliphatic hydroxyl groups excluding tert-OH is 2. The third kappa shape index (κ3) is 5.54. The maximum absolute atomic E-state index is 15.0. The molecule has 2 fully saturated rings. The molecule has 0 amide bonds. The Labute approximate surface area is 225 Å². The normalized spacial score (nSPS) is 24.4. The second-order valence-corrected chi connectivity index (χ2v) is 10.8. The second-order valence-electron chi connectivity index (χ2n) is 10.8. The predicted molar refractivity (Wildman–Crippen MR) is 144 cm³/mol. The molecule has 5 rings (SSSR count). The molecule has 0 radical (unpaired) electrons. The molecule has 0 saturated carbocycles. The van der Waals surface area contributed by atoms with Crippen LogP contribution < -0.4 is 10.7 Å². The first-order chi connectivity index (χ1) is 18.6. The highest BCUT2D eigenvalue weighted by molar-refractivity contribution is 5.85. The summed E-state index contributed by atoms with van der Waals surface area (Å²) in [5, 5.41) is 23.6. The van der Waals surface area contributed by atoms with Crippen molar-refractivity contribution in [3.8, 4) is 11.3 Å². The van der Waals surface area contributed by atoms with Crippen molar-refractivity contribution in [3.05, 3.63) is 51.7 Å². The standard InChI is InChI=1S/C28H35F2N5O4/c1-15(2)35-22-10-17(26-19(29)11-31-28(33-26)32-21-7-9-39-14-25(21)37)4-5-18(22)27(38)16(3)23(35)13-34-8-6-24(36)20(30)12-34/h4-5,10-11,15,20-21,24-25,36-37H,6-9,12-14H2,1-3H3,(H,31,32,33)/t20-,21-,24+,25-/m1/s1. The largest absolute Gasteiger partial charge is 0.390 e. The predicted octanol–water partition coefficient (Wildman–Crippen LogP) is 2.95. The molecular weight excluding hydrogens is 508 g/mol. The molecule has 4 atom stereocenters. The van der Waals surface area contributed by atoms with Crippen molar-refractivity contribution >= 4 is 16.9 Å². The average Bonchev–Trinajstić information content (AvgIpc) is 2.91. The minimum Gasteiger partial charge on any atom is -0.390 e. The van der Waals surface area contributed by atoms with E-state index in [1.807, 2.05) is 23.3 Å². The van der Waals surface area contributed by atoms with Crippen molar-refractivity contribution in [1.82, 2.24) is 19.4 Å². The molecule has 0 spiro atoms. The number of rotatable bonds is 6. The van der Waals surface area contributed by atoms with Gasteiger partial charge in [-0.1, -0.05) is 6.07 Å². The van der Waals surface area contributed by atoms with E-state index in [0.29, 0.717) is 54.6 Å². The lowest BCUT2D eigenvalue weighted by atomic mass is 10.0. The van der Waals surface area contributed by atoms with Crippen molar-refractivity contribution < 1.29 is 23.7 Å². The Morgan fingerprint density at radius 3 is 2.74 bits per heavy atom. The molecule has 4 heterocycles. The van der Waals surface area contributed by atoms with Crippen LogP contribution in [0, 0.1) is 12.7 Å². The molecule has 0 bridgehead atoms. The van der Waals surface area contributed by atoms with Gasteiger partial charge in [0.15, 0.2) is 11.2 Å². The van der Waals surface area contributed by atoms with Crippen LogP contribution >= 0.6 is 0 Å². The van der Waals surface area contributed by atoms with E-state index >= 15 is 4.39 Å². The van der Waals surface area contributed by atoms with Crippen molar-refractivity contribution in [1.29, 1.82) is 0 Å². The van der Waals surface area contributed by atoms with Gasteiger partial charge < -0.3 is 24.8 Å². The van der Waals surface area contributed by atoms with Gasteiger partial charge in [-0.3, -0.25) is 9.69 Å². The maximum Gasteiger partial charge on any atom is 0.223 e. The van der Waals surface area contributed by atoms with E-state index < -0.39 is 24.2 Å². The van der Waals surface area contributed by atoms with Gasteiger partial charge in [0.25, 0.3) is 0 Å². The Morgan fingerprint density at radius 1 is 1.23 bits per heavy atom. The van der Waals surface area contributed by atoms with Gasteiger partial charge in [0.1, 0.15) is 11.9 Å². The fourth-order valence-electron chi connectivity index (χ4n) is 5.52. The molecular formula is C28H35F2N5O4. The number of fused-ring (bicyclic) bond motifs is 1. The first-order valence-electron chi connectivity index (χ1n) is 13.4. The van der Waals surface area contributed by atoms with Gasteiger partial charge in [-0.15, -0.1) is 0 Å². The zero-order chi connectivity index (χ0) is 27.8. The van der Waals surface area contributed by atoms with E-state index in [-0.39, 0.29) is 42.3 Å². The van der Waals surface area contributed by atoms with Gasteiger partial charge in [-0.2, -0.15) is 0 Å². The molecule has 210 valence electrons. The monoisotopic (exact) mass is 543 g/mol. The maximum atomic E-state index is 15.0. The van der Waals surface area contributed by atoms with Crippen LogP contribution in [0.5, 0.6) is 0 Å². The van der Waals surface area contributed by atoms with Gasteiger partial charge in [0.05, 0.1) is 36.6 Å². The molecule has 2 aliphatic heterocycles. The number of hydrogen-bond donors (Lipinski definition) is 3. The quantitative estimate of drug-likeness (QED) is 0.435.